The molecule has 1 N–H and O–H groups in total. The molecule has 0 spiro atoms. The van der Waals surface area contributed by atoms with Crippen molar-refractivity contribution >= 4 is 28.2 Å². The first-order valence-electron chi connectivity index (χ1n) is 7.29. The van der Waals surface area contributed by atoms with Crippen molar-refractivity contribution in [3.8, 4) is 0 Å². The number of nitrogens with one attached hydrogen (secondary N) is 1. The van der Waals surface area contributed by atoms with E-state index < -0.39 is 5.97 Å². The zero-order valence-corrected chi connectivity index (χ0v) is 13.3. The monoisotopic (exact) mass is 311 g/mol. The summed E-state index contributed by atoms with van der Waals surface area (Å²) < 4.78 is 10.6. The second-order valence-corrected chi connectivity index (χ2v) is 6.32. The van der Waals surface area contributed by atoms with E-state index in [0.29, 0.717) is 23.6 Å². The minimum atomic E-state index is -0.397. The fourth-order valence-electron chi connectivity index (χ4n) is 2.32. The van der Waals surface area contributed by atoms with Crippen molar-refractivity contribution in [2.24, 2.45) is 0 Å². The van der Waals surface area contributed by atoms with Gasteiger partial charge >= 0.3 is 5.97 Å². The third-order valence-corrected chi connectivity index (χ3v) is 4.26. The first-order chi connectivity index (χ1) is 10.1. The zero-order chi connectivity index (χ0) is 15.2. The summed E-state index contributed by atoms with van der Waals surface area (Å²) >= 11 is 1.39. The quantitative estimate of drug-likeness (QED) is 0.849. The van der Waals surface area contributed by atoms with Gasteiger partial charge in [-0.25, -0.2) is 4.79 Å². The lowest BCUT2D eigenvalue weighted by atomic mass is 10.1. The van der Waals surface area contributed by atoms with Crippen LogP contribution in [0.1, 0.15) is 47.8 Å². The van der Waals surface area contributed by atoms with Crippen LogP contribution in [0.25, 0.3) is 0 Å². The van der Waals surface area contributed by atoms with Gasteiger partial charge in [0, 0.05) is 11.5 Å². The van der Waals surface area contributed by atoms with Crippen LogP contribution in [0.15, 0.2) is 6.07 Å². The number of rotatable bonds is 5. The summed E-state index contributed by atoms with van der Waals surface area (Å²) in [5, 5.41) is 3.38. The topological polar surface area (TPSA) is 64.6 Å². The van der Waals surface area contributed by atoms with Crippen LogP contribution >= 0.6 is 11.3 Å². The summed E-state index contributed by atoms with van der Waals surface area (Å²) in [4.78, 5) is 24.9. The fourth-order valence-corrected chi connectivity index (χ4v) is 3.24. The van der Waals surface area contributed by atoms with E-state index in [1.807, 2.05) is 6.92 Å². The van der Waals surface area contributed by atoms with Gasteiger partial charge in [0.2, 0.25) is 5.91 Å². The Labute approximate surface area is 128 Å². The average molecular weight is 311 g/mol. The molecule has 21 heavy (non-hydrogen) atoms. The SMILES string of the molecule is CCOC(=O)c1cc(C)sc1NC(=O)CC1CCCCO1. The number of ether oxygens (including phenoxy) is 2. The second kappa shape index (κ2) is 7.56. The summed E-state index contributed by atoms with van der Waals surface area (Å²) in [6, 6.07) is 1.75. The van der Waals surface area contributed by atoms with Crippen LogP contribution in [0.4, 0.5) is 5.00 Å². The highest BCUT2D eigenvalue weighted by molar-refractivity contribution is 7.16. The first kappa shape index (κ1) is 16.0. The van der Waals surface area contributed by atoms with Crippen molar-refractivity contribution in [2.45, 2.75) is 45.6 Å². The molecule has 1 fully saturated rings. The molecule has 2 heterocycles. The van der Waals surface area contributed by atoms with Gasteiger partial charge in [0.05, 0.1) is 24.7 Å². The van der Waals surface area contributed by atoms with Crippen molar-refractivity contribution in [2.75, 3.05) is 18.5 Å². The van der Waals surface area contributed by atoms with Crippen LogP contribution in [-0.4, -0.2) is 31.2 Å². The molecule has 6 heteroatoms. The maximum Gasteiger partial charge on any atom is 0.341 e. The van der Waals surface area contributed by atoms with Crippen LogP contribution in [0.3, 0.4) is 0 Å². The number of hydrogen-bond acceptors (Lipinski definition) is 5. The van der Waals surface area contributed by atoms with Gasteiger partial charge in [-0.2, -0.15) is 0 Å². The largest absolute Gasteiger partial charge is 0.462 e. The fraction of sp³-hybridized carbons (Fsp3) is 0.600. The molecule has 0 aromatic carbocycles. The van der Waals surface area contributed by atoms with E-state index in [0.717, 1.165) is 30.7 Å². The standard InChI is InChI=1S/C15H21NO4S/c1-3-19-15(18)12-8-10(2)21-14(12)16-13(17)9-11-6-4-5-7-20-11/h8,11H,3-7,9H2,1-2H3,(H,16,17). The van der Waals surface area contributed by atoms with Crippen LogP contribution in [0.2, 0.25) is 0 Å². The molecule has 1 atom stereocenters. The third kappa shape index (κ3) is 4.54. The average Bonchev–Trinajstić information content (AvgIpc) is 2.81. The number of amides is 1. The first-order valence-corrected chi connectivity index (χ1v) is 8.10. The molecule has 0 aliphatic carbocycles. The van der Waals surface area contributed by atoms with E-state index in [9.17, 15) is 9.59 Å². The summed E-state index contributed by atoms with van der Waals surface area (Å²) in [6.45, 7) is 4.70. The maximum absolute atomic E-state index is 12.1. The molecule has 0 radical (unpaired) electrons. The zero-order valence-electron chi connectivity index (χ0n) is 12.4. The highest BCUT2D eigenvalue weighted by Crippen LogP contribution is 2.29. The number of carbonyl (C=O) groups excluding carboxylic acids is 2. The molecular formula is C15H21NO4S. The van der Waals surface area contributed by atoms with Crippen molar-refractivity contribution < 1.29 is 19.1 Å². The molecule has 5 nitrogen and oxygen atoms in total. The molecule has 1 amide bonds. The number of hydrogen-bond donors (Lipinski definition) is 1. The third-order valence-electron chi connectivity index (χ3n) is 3.29. The number of aryl methyl sites for hydroxylation is 1. The van der Waals surface area contributed by atoms with E-state index in [1.165, 1.54) is 11.3 Å². The smallest absolute Gasteiger partial charge is 0.341 e. The summed E-state index contributed by atoms with van der Waals surface area (Å²) in [7, 11) is 0. The Balaban J connectivity index is 1.98. The molecule has 0 bridgehead atoms. The number of thiophene rings is 1. The Kier molecular flexibility index (Phi) is 5.76. The molecule has 0 saturated carbocycles. The van der Waals surface area contributed by atoms with Gasteiger partial charge in [0.1, 0.15) is 5.00 Å². The van der Waals surface area contributed by atoms with Crippen molar-refractivity contribution in [3.63, 3.8) is 0 Å². The van der Waals surface area contributed by atoms with Gasteiger partial charge in [-0.1, -0.05) is 0 Å². The molecule has 1 aliphatic heterocycles. The Morgan fingerprint density at radius 1 is 1.48 bits per heavy atom. The molecule has 2 rings (SSSR count). The van der Waals surface area contributed by atoms with Crippen LogP contribution < -0.4 is 5.32 Å². The van der Waals surface area contributed by atoms with Gasteiger partial charge < -0.3 is 14.8 Å². The highest BCUT2D eigenvalue weighted by Gasteiger charge is 2.21. The lowest BCUT2D eigenvalue weighted by molar-refractivity contribution is -0.119. The molecule has 1 aliphatic rings. The lowest BCUT2D eigenvalue weighted by Gasteiger charge is -2.21. The Morgan fingerprint density at radius 2 is 2.29 bits per heavy atom. The number of esters is 1. The van der Waals surface area contributed by atoms with Gasteiger partial charge in [0.15, 0.2) is 0 Å². The van der Waals surface area contributed by atoms with Gasteiger partial charge in [0.25, 0.3) is 0 Å². The predicted molar refractivity (Wildman–Crippen MR) is 81.9 cm³/mol. The summed E-state index contributed by atoms with van der Waals surface area (Å²) in [5.41, 5.74) is 0.428. The van der Waals surface area contributed by atoms with Crippen molar-refractivity contribution in [1.82, 2.24) is 0 Å². The van der Waals surface area contributed by atoms with Gasteiger partial charge in [-0.15, -0.1) is 11.3 Å². The second-order valence-electron chi connectivity index (χ2n) is 5.06. The van der Waals surface area contributed by atoms with Gasteiger partial charge in [-0.3, -0.25) is 4.79 Å². The van der Waals surface area contributed by atoms with Crippen molar-refractivity contribution in [3.05, 3.63) is 16.5 Å². The molecule has 1 unspecified atom stereocenters. The van der Waals surface area contributed by atoms with Crippen LogP contribution in [-0.2, 0) is 14.3 Å². The van der Waals surface area contributed by atoms with Crippen LogP contribution in [0.5, 0.6) is 0 Å². The molecule has 116 valence electrons. The summed E-state index contributed by atoms with van der Waals surface area (Å²) in [6.07, 6.45) is 3.41. The number of carbonyl (C=O) groups is 2. The molecule has 1 saturated heterocycles. The van der Waals surface area contributed by atoms with Gasteiger partial charge in [-0.05, 0) is 39.2 Å². The van der Waals surface area contributed by atoms with Crippen molar-refractivity contribution in [1.29, 1.82) is 0 Å². The number of anilines is 1. The summed E-state index contributed by atoms with van der Waals surface area (Å²) in [5.74, 6) is -0.514. The Hall–Kier alpha value is -1.40. The molecule has 1 aromatic heterocycles. The van der Waals surface area contributed by atoms with E-state index in [-0.39, 0.29) is 12.0 Å². The van der Waals surface area contributed by atoms with E-state index >= 15 is 0 Å². The predicted octanol–water partition coefficient (Wildman–Crippen LogP) is 3.13. The maximum atomic E-state index is 12.1. The normalized spacial score (nSPS) is 18.3. The van der Waals surface area contributed by atoms with E-state index in [1.54, 1.807) is 13.0 Å². The lowest BCUT2D eigenvalue weighted by Crippen LogP contribution is -2.25. The van der Waals surface area contributed by atoms with E-state index in [2.05, 4.69) is 5.32 Å². The molecular weight excluding hydrogens is 290 g/mol. The minimum Gasteiger partial charge on any atom is -0.462 e. The Bertz CT molecular complexity index is 506. The molecule has 1 aromatic rings. The van der Waals surface area contributed by atoms with E-state index in [4.69, 9.17) is 9.47 Å². The van der Waals surface area contributed by atoms with Crippen LogP contribution in [0, 0.1) is 6.92 Å². The highest BCUT2D eigenvalue weighted by atomic mass is 32.1. The minimum absolute atomic E-state index is 0.00847. The Morgan fingerprint density at radius 3 is 2.95 bits per heavy atom.